The van der Waals surface area contributed by atoms with Crippen molar-refractivity contribution in [1.82, 2.24) is 30.3 Å². The van der Waals surface area contributed by atoms with E-state index >= 15 is 0 Å². The number of methoxy groups -OCH3 is 1. The molecule has 0 spiro atoms. The normalized spacial score (nSPS) is 14.2. The van der Waals surface area contributed by atoms with E-state index in [2.05, 4.69) is 32.7 Å². The van der Waals surface area contributed by atoms with E-state index in [4.69, 9.17) is 9.72 Å². The molecule has 9 heteroatoms. The number of hydrogen-bond donors (Lipinski definition) is 2. The number of nitrogens with one attached hydrogen (secondary N) is 2. The van der Waals surface area contributed by atoms with Crippen molar-refractivity contribution in [3.63, 3.8) is 0 Å². The lowest BCUT2D eigenvalue weighted by Crippen LogP contribution is -2.42. The molecular weight excluding hydrogens is 468 g/mol. The van der Waals surface area contributed by atoms with Crippen molar-refractivity contribution >= 4 is 22.8 Å². The third kappa shape index (κ3) is 5.26. The van der Waals surface area contributed by atoms with E-state index in [1.165, 1.54) is 36.5 Å². The van der Waals surface area contributed by atoms with Crippen LogP contribution < -0.4 is 5.32 Å². The number of aromatic nitrogens is 5. The molecule has 2 heterocycles. The van der Waals surface area contributed by atoms with E-state index in [1.807, 2.05) is 43.9 Å². The predicted molar refractivity (Wildman–Crippen MR) is 140 cm³/mol. The summed E-state index contributed by atoms with van der Waals surface area (Å²) in [5.74, 6) is 1.53. The van der Waals surface area contributed by atoms with Crippen LogP contribution in [0.1, 0.15) is 66.3 Å². The number of hydrogen-bond acceptors (Lipinski definition) is 6. The van der Waals surface area contributed by atoms with E-state index in [0.29, 0.717) is 30.1 Å². The average molecular weight is 501 g/mol. The van der Waals surface area contributed by atoms with Crippen LogP contribution in [0, 0.1) is 5.92 Å². The maximum atomic E-state index is 12.8. The Labute approximate surface area is 215 Å². The largest absolute Gasteiger partial charge is 0.467 e. The van der Waals surface area contributed by atoms with Gasteiger partial charge < -0.3 is 10.1 Å². The van der Waals surface area contributed by atoms with Crippen LogP contribution in [0.2, 0.25) is 0 Å². The third-order valence-corrected chi connectivity index (χ3v) is 6.85. The quantitative estimate of drug-likeness (QED) is 0.334. The van der Waals surface area contributed by atoms with Gasteiger partial charge in [0.2, 0.25) is 0 Å². The smallest absolute Gasteiger partial charge is 0.328 e. The number of carbonyl (C=O) groups excluding carboxylic acids is 2. The maximum Gasteiger partial charge on any atom is 0.328 e. The summed E-state index contributed by atoms with van der Waals surface area (Å²) in [6.07, 6.45) is 5.52. The van der Waals surface area contributed by atoms with E-state index < -0.39 is 12.0 Å². The molecule has 5 rings (SSSR count). The van der Waals surface area contributed by atoms with Crippen LogP contribution in [0.15, 0.2) is 42.6 Å². The van der Waals surface area contributed by atoms with Gasteiger partial charge in [0.15, 0.2) is 5.82 Å². The Bertz CT molecular complexity index is 1430. The molecule has 192 valence electrons. The summed E-state index contributed by atoms with van der Waals surface area (Å²) in [5.41, 5.74) is 4.97. The molecule has 2 aromatic heterocycles. The number of H-pyrrole nitrogens is 1. The minimum absolute atomic E-state index is 0.234. The van der Waals surface area contributed by atoms with E-state index in [0.717, 1.165) is 16.9 Å². The van der Waals surface area contributed by atoms with Crippen LogP contribution in [-0.2, 0) is 23.0 Å². The van der Waals surface area contributed by atoms with Gasteiger partial charge in [0.1, 0.15) is 11.9 Å². The lowest BCUT2D eigenvalue weighted by atomic mass is 9.97. The number of fused-ring (bicyclic) bond motifs is 1. The van der Waals surface area contributed by atoms with Crippen molar-refractivity contribution in [2.45, 2.75) is 51.5 Å². The molecule has 0 radical (unpaired) electrons. The minimum Gasteiger partial charge on any atom is -0.467 e. The van der Waals surface area contributed by atoms with Crippen molar-refractivity contribution in [2.24, 2.45) is 13.0 Å². The van der Waals surface area contributed by atoms with Crippen LogP contribution in [0.25, 0.3) is 22.3 Å². The van der Waals surface area contributed by atoms with Crippen LogP contribution in [0.3, 0.4) is 0 Å². The average Bonchev–Trinajstić information content (AvgIpc) is 3.49. The highest BCUT2D eigenvalue weighted by molar-refractivity contribution is 5.97. The SMILES string of the molecule is COC(=O)[C@H](CC(C)C)NC(=O)c1ccc(-c2nc(Cc3ccc4[nH]ncc4c3C3CC3)n(C)n2)cc1. The zero-order valence-electron chi connectivity index (χ0n) is 21.6. The standard InChI is InChI=1S/C28H32N6O3/c1-16(2)13-23(28(36)37-4)30-27(35)19-9-7-18(8-10-19)26-31-24(34(3)33-26)14-20-11-12-22-21(15-29-32-22)25(20)17-5-6-17/h7-12,15-17,23H,5-6,13-14H2,1-4H3,(H,29,32)(H,30,35)/t23-/m0/s1. The number of esters is 1. The fraction of sp³-hybridized carbons (Fsp3) is 0.393. The van der Waals surface area contributed by atoms with Gasteiger partial charge in [-0.25, -0.2) is 9.78 Å². The molecule has 1 aliphatic carbocycles. The topological polar surface area (TPSA) is 115 Å². The van der Waals surface area contributed by atoms with Gasteiger partial charge in [0.05, 0.1) is 18.8 Å². The van der Waals surface area contributed by atoms with Crippen LogP contribution in [-0.4, -0.2) is 50.0 Å². The number of rotatable bonds is 9. The summed E-state index contributed by atoms with van der Waals surface area (Å²) in [7, 11) is 3.23. The van der Waals surface area contributed by atoms with Gasteiger partial charge in [-0.2, -0.15) is 10.2 Å². The van der Waals surface area contributed by atoms with Crippen LogP contribution in [0.5, 0.6) is 0 Å². The second-order valence-electron chi connectivity index (χ2n) is 10.2. The first-order valence-corrected chi connectivity index (χ1v) is 12.7. The fourth-order valence-corrected chi connectivity index (χ4v) is 4.80. The molecule has 0 saturated heterocycles. The van der Waals surface area contributed by atoms with Crippen molar-refractivity contribution in [1.29, 1.82) is 0 Å². The number of nitrogens with zero attached hydrogens (tertiary/aromatic N) is 4. The van der Waals surface area contributed by atoms with Gasteiger partial charge in [-0.05, 0) is 60.4 Å². The summed E-state index contributed by atoms with van der Waals surface area (Å²) in [5, 5.41) is 15.9. The molecule has 1 amide bonds. The highest BCUT2D eigenvalue weighted by Gasteiger charge is 2.29. The zero-order valence-corrected chi connectivity index (χ0v) is 21.6. The molecule has 37 heavy (non-hydrogen) atoms. The Morgan fingerprint density at radius 3 is 2.59 bits per heavy atom. The molecule has 2 aromatic carbocycles. The fourth-order valence-electron chi connectivity index (χ4n) is 4.80. The van der Waals surface area contributed by atoms with Gasteiger partial charge in [0, 0.05) is 30.0 Å². The highest BCUT2D eigenvalue weighted by atomic mass is 16.5. The Kier molecular flexibility index (Phi) is 6.78. The summed E-state index contributed by atoms with van der Waals surface area (Å²) >= 11 is 0. The molecule has 0 aliphatic heterocycles. The molecule has 4 aromatic rings. The molecule has 0 unspecified atom stereocenters. The monoisotopic (exact) mass is 500 g/mol. The molecule has 0 bridgehead atoms. The summed E-state index contributed by atoms with van der Waals surface area (Å²) in [4.78, 5) is 29.7. The Morgan fingerprint density at radius 1 is 1.16 bits per heavy atom. The molecule has 1 aliphatic rings. The van der Waals surface area contributed by atoms with Crippen LogP contribution >= 0.6 is 0 Å². The van der Waals surface area contributed by atoms with Crippen molar-refractivity contribution in [3.8, 4) is 11.4 Å². The minimum atomic E-state index is -0.681. The van der Waals surface area contributed by atoms with Gasteiger partial charge in [-0.15, -0.1) is 0 Å². The summed E-state index contributed by atoms with van der Waals surface area (Å²) in [6, 6.07) is 10.7. The van der Waals surface area contributed by atoms with Crippen LogP contribution in [0.4, 0.5) is 0 Å². The van der Waals surface area contributed by atoms with Gasteiger partial charge in [-0.3, -0.25) is 14.6 Å². The zero-order chi connectivity index (χ0) is 26.1. The molecule has 1 saturated carbocycles. The van der Waals surface area contributed by atoms with E-state index in [9.17, 15) is 9.59 Å². The lowest BCUT2D eigenvalue weighted by molar-refractivity contribution is -0.143. The van der Waals surface area contributed by atoms with Crippen molar-refractivity contribution in [2.75, 3.05) is 7.11 Å². The second-order valence-corrected chi connectivity index (χ2v) is 10.2. The van der Waals surface area contributed by atoms with Crippen molar-refractivity contribution in [3.05, 3.63) is 65.1 Å². The number of aromatic amines is 1. The van der Waals surface area contributed by atoms with Gasteiger partial charge in [0.25, 0.3) is 5.91 Å². The third-order valence-electron chi connectivity index (χ3n) is 6.85. The number of ether oxygens (including phenoxy) is 1. The summed E-state index contributed by atoms with van der Waals surface area (Å²) in [6.45, 7) is 3.99. The Balaban J connectivity index is 1.33. The molecular formula is C28H32N6O3. The number of benzene rings is 2. The maximum absolute atomic E-state index is 12.8. The summed E-state index contributed by atoms with van der Waals surface area (Å²) < 4.78 is 6.67. The first-order chi connectivity index (χ1) is 17.8. The highest BCUT2D eigenvalue weighted by Crippen LogP contribution is 2.45. The van der Waals surface area contributed by atoms with Gasteiger partial charge >= 0.3 is 5.97 Å². The molecule has 1 atom stereocenters. The molecule has 2 N–H and O–H groups in total. The number of amides is 1. The van der Waals surface area contributed by atoms with E-state index in [1.54, 1.807) is 12.1 Å². The Hall–Kier alpha value is -4.01. The molecule has 1 fully saturated rings. The Morgan fingerprint density at radius 2 is 1.92 bits per heavy atom. The number of carbonyl (C=O) groups is 2. The van der Waals surface area contributed by atoms with Crippen molar-refractivity contribution < 1.29 is 14.3 Å². The number of aryl methyl sites for hydroxylation is 1. The second kappa shape index (κ2) is 10.2. The predicted octanol–water partition coefficient (Wildman–Crippen LogP) is 4.14. The first kappa shape index (κ1) is 24.7. The van der Waals surface area contributed by atoms with Gasteiger partial charge in [-0.1, -0.05) is 32.0 Å². The van der Waals surface area contributed by atoms with E-state index in [-0.39, 0.29) is 11.8 Å². The first-order valence-electron chi connectivity index (χ1n) is 12.7. The molecule has 9 nitrogen and oxygen atoms in total. The lowest BCUT2D eigenvalue weighted by Gasteiger charge is -2.18.